The Hall–Kier alpha value is -1.48. The number of phenols is 2. The van der Waals surface area contributed by atoms with Gasteiger partial charge in [-0.3, -0.25) is 0 Å². The third-order valence-corrected chi connectivity index (χ3v) is 2.94. The Kier molecular flexibility index (Phi) is 5.04. The highest BCUT2D eigenvalue weighted by molar-refractivity contribution is 9.10. The molecular formula is C14H15BrO2. The summed E-state index contributed by atoms with van der Waals surface area (Å²) >= 11 is 3.20. The molecule has 2 nitrogen and oxygen atoms in total. The number of phenolic OH excluding ortho intramolecular Hbond substituents is 2. The molecule has 0 atom stereocenters. The number of aryl methyl sites for hydroxylation is 2. The fraction of sp³-hybridized carbons (Fsp3) is 0.143. The van der Waals surface area contributed by atoms with Crippen LogP contribution >= 0.6 is 15.9 Å². The van der Waals surface area contributed by atoms with Gasteiger partial charge in [-0.05, 0) is 53.0 Å². The molecule has 2 aromatic rings. The zero-order valence-electron chi connectivity index (χ0n) is 9.81. The van der Waals surface area contributed by atoms with Crippen LogP contribution in [0.15, 0.2) is 46.9 Å². The van der Waals surface area contributed by atoms with Crippen LogP contribution in [0.5, 0.6) is 11.5 Å². The minimum atomic E-state index is 0.331. The first kappa shape index (κ1) is 13.6. The molecule has 0 amide bonds. The molecule has 0 spiro atoms. The summed E-state index contributed by atoms with van der Waals surface area (Å²) < 4.78 is 0.752. The van der Waals surface area contributed by atoms with Gasteiger partial charge in [-0.1, -0.05) is 30.3 Å². The van der Waals surface area contributed by atoms with E-state index in [2.05, 4.69) is 15.9 Å². The average molecular weight is 295 g/mol. The van der Waals surface area contributed by atoms with E-state index in [1.807, 2.05) is 50.2 Å². The first-order valence-electron chi connectivity index (χ1n) is 5.21. The van der Waals surface area contributed by atoms with Gasteiger partial charge < -0.3 is 10.2 Å². The van der Waals surface area contributed by atoms with Gasteiger partial charge in [-0.2, -0.15) is 0 Å². The summed E-state index contributed by atoms with van der Waals surface area (Å²) in [7, 11) is 0. The molecule has 0 aliphatic carbocycles. The van der Waals surface area contributed by atoms with Crippen LogP contribution in [0.3, 0.4) is 0 Å². The van der Waals surface area contributed by atoms with Gasteiger partial charge in [0.15, 0.2) is 0 Å². The lowest BCUT2D eigenvalue weighted by molar-refractivity contribution is 0.467. The van der Waals surface area contributed by atoms with Crippen molar-refractivity contribution in [2.24, 2.45) is 0 Å². The number of aromatic hydroxyl groups is 2. The van der Waals surface area contributed by atoms with Crippen molar-refractivity contribution in [3.8, 4) is 11.5 Å². The average Bonchev–Trinajstić information content (AvgIpc) is 2.31. The summed E-state index contributed by atoms with van der Waals surface area (Å²) in [5, 5.41) is 18.1. The van der Waals surface area contributed by atoms with Crippen LogP contribution in [0.1, 0.15) is 11.1 Å². The Morgan fingerprint density at radius 2 is 1.41 bits per heavy atom. The highest BCUT2D eigenvalue weighted by Crippen LogP contribution is 2.25. The molecule has 90 valence electrons. The van der Waals surface area contributed by atoms with Crippen LogP contribution in [0, 0.1) is 13.8 Å². The van der Waals surface area contributed by atoms with Gasteiger partial charge >= 0.3 is 0 Å². The van der Waals surface area contributed by atoms with Crippen molar-refractivity contribution in [1.29, 1.82) is 0 Å². The Morgan fingerprint density at radius 3 is 1.82 bits per heavy atom. The zero-order valence-corrected chi connectivity index (χ0v) is 11.4. The van der Waals surface area contributed by atoms with Crippen molar-refractivity contribution >= 4 is 15.9 Å². The summed E-state index contributed by atoms with van der Waals surface area (Å²) in [6.45, 7) is 3.73. The van der Waals surface area contributed by atoms with E-state index in [1.165, 1.54) is 0 Å². The number of hydrogen-bond acceptors (Lipinski definition) is 2. The number of hydrogen-bond donors (Lipinski definition) is 2. The van der Waals surface area contributed by atoms with Crippen LogP contribution < -0.4 is 0 Å². The minimum Gasteiger partial charge on any atom is -0.508 e. The Labute approximate surface area is 110 Å². The van der Waals surface area contributed by atoms with Crippen LogP contribution in [-0.4, -0.2) is 10.2 Å². The Morgan fingerprint density at radius 1 is 0.824 bits per heavy atom. The minimum absolute atomic E-state index is 0.331. The third-order valence-electron chi connectivity index (χ3n) is 2.30. The summed E-state index contributed by atoms with van der Waals surface area (Å²) in [6, 6.07) is 12.8. The number of benzene rings is 2. The monoisotopic (exact) mass is 294 g/mol. The lowest BCUT2D eigenvalue weighted by Crippen LogP contribution is -1.73. The molecule has 3 heteroatoms. The van der Waals surface area contributed by atoms with Gasteiger partial charge in [0.1, 0.15) is 11.5 Å². The molecule has 0 saturated carbocycles. The summed E-state index contributed by atoms with van der Waals surface area (Å²) in [6.07, 6.45) is 0. The van der Waals surface area contributed by atoms with Gasteiger partial charge in [0.2, 0.25) is 0 Å². The molecule has 0 unspecified atom stereocenters. The van der Waals surface area contributed by atoms with Crippen LogP contribution in [0.25, 0.3) is 0 Å². The first-order chi connectivity index (χ1) is 8.02. The largest absolute Gasteiger partial charge is 0.508 e. The SMILES string of the molecule is Cc1cccc(Br)c1O.Cc1ccccc1O. The Balaban J connectivity index is 0.000000171. The van der Waals surface area contributed by atoms with E-state index in [-0.39, 0.29) is 0 Å². The van der Waals surface area contributed by atoms with Crippen LogP contribution in [0.2, 0.25) is 0 Å². The first-order valence-corrected chi connectivity index (χ1v) is 6.00. The lowest BCUT2D eigenvalue weighted by atomic mass is 10.2. The third kappa shape index (κ3) is 4.11. The van der Waals surface area contributed by atoms with E-state index in [0.29, 0.717) is 11.5 Å². The molecule has 2 aromatic carbocycles. The molecule has 0 aliphatic heterocycles. The second kappa shape index (κ2) is 6.30. The van der Waals surface area contributed by atoms with E-state index in [4.69, 9.17) is 10.2 Å². The topological polar surface area (TPSA) is 40.5 Å². The smallest absolute Gasteiger partial charge is 0.132 e. The molecule has 0 fully saturated rings. The van der Waals surface area contributed by atoms with Gasteiger partial charge in [0, 0.05) is 0 Å². The van der Waals surface area contributed by atoms with Gasteiger partial charge in [0.25, 0.3) is 0 Å². The maximum Gasteiger partial charge on any atom is 0.132 e. The summed E-state index contributed by atoms with van der Waals surface area (Å²) in [5.74, 6) is 0.699. The van der Waals surface area contributed by atoms with E-state index >= 15 is 0 Å². The molecule has 2 N–H and O–H groups in total. The van der Waals surface area contributed by atoms with Crippen molar-refractivity contribution in [2.45, 2.75) is 13.8 Å². The van der Waals surface area contributed by atoms with Gasteiger partial charge in [-0.25, -0.2) is 0 Å². The fourth-order valence-electron chi connectivity index (χ4n) is 1.19. The van der Waals surface area contributed by atoms with Crippen molar-refractivity contribution in [2.75, 3.05) is 0 Å². The molecule has 0 radical (unpaired) electrons. The van der Waals surface area contributed by atoms with Crippen LogP contribution in [0.4, 0.5) is 0 Å². The predicted molar refractivity (Wildman–Crippen MR) is 73.4 cm³/mol. The molecular weight excluding hydrogens is 280 g/mol. The zero-order chi connectivity index (χ0) is 12.8. The molecule has 0 bridgehead atoms. The van der Waals surface area contributed by atoms with E-state index < -0.39 is 0 Å². The molecule has 17 heavy (non-hydrogen) atoms. The molecule has 0 aliphatic rings. The molecule has 0 aromatic heterocycles. The second-order valence-corrected chi connectivity index (χ2v) is 4.55. The quantitative estimate of drug-likeness (QED) is 0.766. The van der Waals surface area contributed by atoms with Gasteiger partial charge in [0.05, 0.1) is 4.47 Å². The number of rotatable bonds is 0. The number of para-hydroxylation sites is 2. The van der Waals surface area contributed by atoms with Crippen molar-refractivity contribution in [1.82, 2.24) is 0 Å². The predicted octanol–water partition coefficient (Wildman–Crippen LogP) is 4.16. The van der Waals surface area contributed by atoms with Gasteiger partial charge in [-0.15, -0.1) is 0 Å². The fourth-order valence-corrected chi connectivity index (χ4v) is 1.65. The summed E-state index contributed by atoms with van der Waals surface area (Å²) in [5.41, 5.74) is 1.82. The van der Waals surface area contributed by atoms with E-state index in [0.717, 1.165) is 15.6 Å². The van der Waals surface area contributed by atoms with Crippen LogP contribution in [-0.2, 0) is 0 Å². The Bertz CT molecular complexity index is 454. The van der Waals surface area contributed by atoms with Crippen molar-refractivity contribution in [3.05, 3.63) is 58.1 Å². The van der Waals surface area contributed by atoms with Crippen molar-refractivity contribution < 1.29 is 10.2 Å². The number of halogens is 1. The summed E-state index contributed by atoms with van der Waals surface area (Å²) in [4.78, 5) is 0. The van der Waals surface area contributed by atoms with E-state index in [9.17, 15) is 0 Å². The molecule has 2 rings (SSSR count). The lowest BCUT2D eigenvalue weighted by Gasteiger charge is -1.97. The van der Waals surface area contributed by atoms with E-state index in [1.54, 1.807) is 6.07 Å². The maximum atomic E-state index is 9.16. The highest BCUT2D eigenvalue weighted by Gasteiger charge is 1.96. The normalized spacial score (nSPS) is 9.35. The molecule has 0 heterocycles. The van der Waals surface area contributed by atoms with Crippen molar-refractivity contribution in [3.63, 3.8) is 0 Å². The second-order valence-electron chi connectivity index (χ2n) is 3.69. The molecule has 0 saturated heterocycles. The standard InChI is InChI=1S/C7H7BrO.C7H8O/c1-5-3-2-4-6(8)7(5)9;1-6-4-2-3-5-7(6)8/h2-4,9H,1H3;2-5,8H,1H3. The maximum absolute atomic E-state index is 9.16. The highest BCUT2D eigenvalue weighted by atomic mass is 79.9.